The second-order valence-electron chi connectivity index (χ2n) is 9.78. The molecule has 3 aliphatic heterocycles. The van der Waals surface area contributed by atoms with Gasteiger partial charge in [-0.2, -0.15) is 13.2 Å². The Morgan fingerprint density at radius 1 is 1.03 bits per heavy atom. The van der Waals surface area contributed by atoms with Crippen LogP contribution in [-0.2, 0) is 10.9 Å². The van der Waals surface area contributed by atoms with Crippen LogP contribution in [-0.4, -0.2) is 78.8 Å². The zero-order chi connectivity index (χ0) is 23.0. The minimum atomic E-state index is -4.42. The van der Waals surface area contributed by atoms with Crippen molar-refractivity contribution in [1.82, 2.24) is 14.8 Å². The number of piperidine rings is 1. The molecule has 0 amide bonds. The van der Waals surface area contributed by atoms with Crippen LogP contribution in [0.15, 0.2) is 30.5 Å². The van der Waals surface area contributed by atoms with Gasteiger partial charge in [-0.25, -0.2) is 0 Å². The molecule has 33 heavy (non-hydrogen) atoms. The zero-order valence-electron chi connectivity index (χ0n) is 19.2. The number of halogens is 3. The first-order valence-electron chi connectivity index (χ1n) is 12.2. The monoisotopic (exact) mass is 462 g/mol. The lowest BCUT2D eigenvalue weighted by Gasteiger charge is -2.42. The summed E-state index contributed by atoms with van der Waals surface area (Å²) in [6.45, 7) is 8.91. The van der Waals surface area contributed by atoms with Crippen molar-refractivity contribution in [2.45, 2.75) is 57.0 Å². The molecule has 4 heterocycles. The molecule has 0 saturated carbocycles. The number of fused-ring (bicyclic) bond motifs is 1. The van der Waals surface area contributed by atoms with Crippen LogP contribution in [0.2, 0.25) is 0 Å². The normalized spacial score (nSPS) is 26.4. The Balaban J connectivity index is 1.28. The van der Waals surface area contributed by atoms with Crippen LogP contribution in [0.1, 0.15) is 38.2 Å². The van der Waals surface area contributed by atoms with E-state index in [2.05, 4.69) is 19.7 Å². The Morgan fingerprint density at radius 3 is 2.52 bits per heavy atom. The summed E-state index contributed by atoms with van der Waals surface area (Å²) in [6, 6.07) is 6.94. The first-order chi connectivity index (χ1) is 15.9. The number of pyridine rings is 1. The number of morpholine rings is 1. The maximum Gasteiger partial charge on any atom is 0.418 e. The van der Waals surface area contributed by atoms with Gasteiger partial charge in [0.05, 0.1) is 23.3 Å². The van der Waals surface area contributed by atoms with Crippen molar-refractivity contribution >= 4 is 16.6 Å². The van der Waals surface area contributed by atoms with Crippen LogP contribution in [0.3, 0.4) is 0 Å². The fourth-order valence-electron chi connectivity index (χ4n) is 5.87. The third-order valence-electron chi connectivity index (χ3n) is 7.40. The predicted molar refractivity (Wildman–Crippen MR) is 124 cm³/mol. The third kappa shape index (κ3) is 4.98. The molecule has 5 rings (SSSR count). The molecule has 3 saturated heterocycles. The number of likely N-dealkylation sites (tertiary alicyclic amines) is 2. The maximum atomic E-state index is 13.5. The minimum absolute atomic E-state index is 0.0138. The highest BCUT2D eigenvalue weighted by Crippen LogP contribution is 2.38. The highest BCUT2D eigenvalue weighted by Gasteiger charge is 2.35. The van der Waals surface area contributed by atoms with Gasteiger partial charge < -0.3 is 19.4 Å². The Hall–Kier alpha value is -1.90. The molecule has 0 radical (unpaired) electrons. The molecular formula is C25H33F3N4O. The predicted octanol–water partition coefficient (Wildman–Crippen LogP) is 4.41. The van der Waals surface area contributed by atoms with Gasteiger partial charge in [0, 0.05) is 42.9 Å². The maximum absolute atomic E-state index is 13.5. The van der Waals surface area contributed by atoms with Crippen LogP contribution in [0, 0.1) is 0 Å². The molecule has 3 aliphatic rings. The average molecular weight is 463 g/mol. The van der Waals surface area contributed by atoms with E-state index in [-0.39, 0.29) is 17.7 Å². The topological polar surface area (TPSA) is 31.8 Å². The SMILES string of the molecule is CC1CN(c2ccc(C(F)(F)F)c3ncccc23)CC(CN2CCC(N3CCCC3)CC2)O1. The molecular weight excluding hydrogens is 429 g/mol. The van der Waals surface area contributed by atoms with Gasteiger partial charge in [0.1, 0.15) is 0 Å². The molecule has 8 heteroatoms. The van der Waals surface area contributed by atoms with Crippen LogP contribution in [0.25, 0.3) is 10.9 Å². The lowest BCUT2D eigenvalue weighted by molar-refractivity contribution is -0.136. The summed E-state index contributed by atoms with van der Waals surface area (Å²) in [7, 11) is 0. The minimum Gasteiger partial charge on any atom is -0.370 e. The van der Waals surface area contributed by atoms with Crippen molar-refractivity contribution in [2.75, 3.05) is 50.7 Å². The number of hydrogen-bond donors (Lipinski definition) is 0. The van der Waals surface area contributed by atoms with Crippen LogP contribution < -0.4 is 4.90 Å². The number of anilines is 1. The van der Waals surface area contributed by atoms with Crippen molar-refractivity contribution in [2.24, 2.45) is 0 Å². The average Bonchev–Trinajstić information content (AvgIpc) is 3.33. The van der Waals surface area contributed by atoms with Gasteiger partial charge in [-0.05, 0) is 83.1 Å². The van der Waals surface area contributed by atoms with E-state index in [1.165, 1.54) is 51.0 Å². The molecule has 180 valence electrons. The lowest BCUT2D eigenvalue weighted by Crippen LogP contribution is -2.53. The first kappa shape index (κ1) is 22.9. The van der Waals surface area contributed by atoms with Gasteiger partial charge in [0.15, 0.2) is 0 Å². The Morgan fingerprint density at radius 2 is 1.79 bits per heavy atom. The molecule has 1 aromatic heterocycles. The fourth-order valence-corrected chi connectivity index (χ4v) is 5.87. The number of rotatable bonds is 4. The fraction of sp³-hybridized carbons (Fsp3) is 0.640. The highest BCUT2D eigenvalue weighted by atomic mass is 19.4. The van der Waals surface area contributed by atoms with Gasteiger partial charge in [0.2, 0.25) is 0 Å². The van der Waals surface area contributed by atoms with Crippen molar-refractivity contribution in [3.05, 3.63) is 36.0 Å². The largest absolute Gasteiger partial charge is 0.418 e. The summed E-state index contributed by atoms with van der Waals surface area (Å²) >= 11 is 0. The molecule has 3 fully saturated rings. The number of benzene rings is 1. The summed E-state index contributed by atoms with van der Waals surface area (Å²) < 4.78 is 46.8. The third-order valence-corrected chi connectivity index (χ3v) is 7.40. The van der Waals surface area contributed by atoms with Crippen LogP contribution >= 0.6 is 0 Å². The van der Waals surface area contributed by atoms with Crippen molar-refractivity contribution in [3.63, 3.8) is 0 Å². The lowest BCUT2D eigenvalue weighted by atomic mass is 10.0. The molecule has 2 atom stereocenters. The number of ether oxygens (including phenoxy) is 1. The van der Waals surface area contributed by atoms with E-state index in [1.807, 2.05) is 6.92 Å². The molecule has 0 aliphatic carbocycles. The molecule has 1 aromatic carbocycles. The van der Waals surface area contributed by atoms with E-state index < -0.39 is 11.7 Å². The highest BCUT2D eigenvalue weighted by molar-refractivity contribution is 5.94. The molecule has 2 unspecified atom stereocenters. The van der Waals surface area contributed by atoms with Gasteiger partial charge >= 0.3 is 6.18 Å². The molecule has 5 nitrogen and oxygen atoms in total. The number of aromatic nitrogens is 1. The van der Waals surface area contributed by atoms with E-state index in [1.54, 1.807) is 18.2 Å². The smallest absolute Gasteiger partial charge is 0.370 e. The second kappa shape index (κ2) is 9.39. The van der Waals surface area contributed by atoms with E-state index in [4.69, 9.17) is 4.74 Å². The summed E-state index contributed by atoms with van der Waals surface area (Å²) in [5.41, 5.74) is 0.141. The molecule has 0 N–H and O–H groups in total. The summed E-state index contributed by atoms with van der Waals surface area (Å²) in [5, 5.41) is 0.548. The summed E-state index contributed by atoms with van der Waals surface area (Å²) in [4.78, 5) is 11.4. The van der Waals surface area contributed by atoms with E-state index >= 15 is 0 Å². The summed E-state index contributed by atoms with van der Waals surface area (Å²) in [5.74, 6) is 0. The van der Waals surface area contributed by atoms with Gasteiger partial charge in [0.25, 0.3) is 0 Å². The molecule has 0 spiro atoms. The number of nitrogens with zero attached hydrogens (tertiary/aromatic N) is 4. The Kier molecular flexibility index (Phi) is 6.51. The van der Waals surface area contributed by atoms with Gasteiger partial charge in [-0.1, -0.05) is 0 Å². The van der Waals surface area contributed by atoms with Crippen LogP contribution in [0.4, 0.5) is 18.9 Å². The van der Waals surface area contributed by atoms with Crippen molar-refractivity contribution < 1.29 is 17.9 Å². The first-order valence-corrected chi connectivity index (χ1v) is 12.2. The van der Waals surface area contributed by atoms with Crippen molar-refractivity contribution in [1.29, 1.82) is 0 Å². The Labute approximate surface area is 193 Å². The summed E-state index contributed by atoms with van der Waals surface area (Å²) in [6.07, 6.45) is 2.13. The van der Waals surface area contributed by atoms with Crippen LogP contribution in [0.5, 0.6) is 0 Å². The second-order valence-corrected chi connectivity index (χ2v) is 9.78. The van der Waals surface area contributed by atoms with E-state index in [0.29, 0.717) is 18.5 Å². The zero-order valence-corrected chi connectivity index (χ0v) is 19.2. The van der Waals surface area contributed by atoms with Gasteiger partial charge in [-0.3, -0.25) is 4.98 Å². The number of alkyl halides is 3. The quantitative estimate of drug-likeness (QED) is 0.672. The van der Waals surface area contributed by atoms with Gasteiger partial charge in [-0.15, -0.1) is 0 Å². The standard InChI is InChI=1S/C25H33F3N4O/c1-18-15-32(23-7-6-22(25(26,27)28)24-21(23)5-4-10-29-24)17-20(33-18)16-30-13-8-19(9-14-30)31-11-2-3-12-31/h4-7,10,18-20H,2-3,8-9,11-17H2,1H3. The van der Waals surface area contributed by atoms with E-state index in [9.17, 15) is 13.2 Å². The molecule has 2 aromatic rings. The Bertz CT molecular complexity index is 954. The molecule has 0 bridgehead atoms. The van der Waals surface area contributed by atoms with E-state index in [0.717, 1.165) is 31.4 Å². The number of hydrogen-bond acceptors (Lipinski definition) is 5. The van der Waals surface area contributed by atoms with Crippen molar-refractivity contribution in [3.8, 4) is 0 Å².